The second-order valence-electron chi connectivity index (χ2n) is 7.39. The summed E-state index contributed by atoms with van der Waals surface area (Å²) in [5, 5.41) is 7.42. The maximum atomic E-state index is 12.8. The first-order valence-corrected chi connectivity index (χ1v) is 11.8. The van der Waals surface area contributed by atoms with E-state index >= 15 is 0 Å². The van der Waals surface area contributed by atoms with Crippen molar-refractivity contribution >= 4 is 34.5 Å². The highest BCUT2D eigenvalue weighted by molar-refractivity contribution is 7.12. The first-order chi connectivity index (χ1) is 14.6. The Morgan fingerprint density at radius 2 is 1.60 bits per heavy atom. The quantitative estimate of drug-likeness (QED) is 0.636. The number of aryl methyl sites for hydroxylation is 1. The lowest BCUT2D eigenvalue weighted by atomic mass is 10.0. The summed E-state index contributed by atoms with van der Waals surface area (Å²) in [7, 11) is 0. The van der Waals surface area contributed by atoms with Crippen molar-refractivity contribution in [3.05, 3.63) is 80.2 Å². The topological polar surface area (TPSA) is 52.7 Å². The van der Waals surface area contributed by atoms with Gasteiger partial charge in [0.2, 0.25) is 5.91 Å². The van der Waals surface area contributed by atoms with Crippen molar-refractivity contribution < 1.29 is 9.59 Å². The fraction of sp³-hybridized carbons (Fsp3) is 0.304. The molecule has 7 heteroatoms. The molecule has 3 heterocycles. The summed E-state index contributed by atoms with van der Waals surface area (Å²) in [6, 6.07) is 16.3. The lowest BCUT2D eigenvalue weighted by molar-refractivity contribution is -0.131. The SMILES string of the molecule is Cc1ccc([C@H](NCC(=O)N2CCN(C(=O)c3cccs3)CC2)c2cccs2)cc1. The summed E-state index contributed by atoms with van der Waals surface area (Å²) in [6.07, 6.45) is 0. The largest absolute Gasteiger partial charge is 0.338 e. The van der Waals surface area contributed by atoms with Crippen LogP contribution in [-0.4, -0.2) is 54.3 Å². The number of hydrogen-bond acceptors (Lipinski definition) is 5. The molecular weight excluding hydrogens is 414 g/mol. The van der Waals surface area contributed by atoms with Crippen LogP contribution in [0.5, 0.6) is 0 Å². The summed E-state index contributed by atoms with van der Waals surface area (Å²) < 4.78 is 0. The number of piperazine rings is 1. The Kier molecular flexibility index (Phi) is 6.62. The van der Waals surface area contributed by atoms with Crippen LogP contribution in [0.2, 0.25) is 0 Å². The van der Waals surface area contributed by atoms with Gasteiger partial charge in [-0.05, 0) is 35.4 Å². The van der Waals surface area contributed by atoms with E-state index in [1.807, 2.05) is 33.4 Å². The van der Waals surface area contributed by atoms with Crippen LogP contribution in [0.3, 0.4) is 0 Å². The van der Waals surface area contributed by atoms with E-state index in [0.29, 0.717) is 26.2 Å². The minimum atomic E-state index is -0.00348. The Balaban J connectivity index is 1.34. The molecule has 0 aliphatic carbocycles. The molecule has 1 atom stereocenters. The Hall–Kier alpha value is -2.48. The van der Waals surface area contributed by atoms with Gasteiger partial charge in [-0.3, -0.25) is 14.9 Å². The first kappa shape index (κ1) is 20.8. The van der Waals surface area contributed by atoms with E-state index in [4.69, 9.17) is 0 Å². The molecule has 0 radical (unpaired) electrons. The first-order valence-electron chi connectivity index (χ1n) is 10.1. The molecule has 1 N–H and O–H groups in total. The molecule has 2 amide bonds. The zero-order valence-electron chi connectivity index (χ0n) is 16.9. The summed E-state index contributed by atoms with van der Waals surface area (Å²) in [5.41, 5.74) is 2.37. The number of benzene rings is 1. The van der Waals surface area contributed by atoms with E-state index in [2.05, 4.69) is 48.0 Å². The summed E-state index contributed by atoms with van der Waals surface area (Å²) in [5.74, 6) is 0.138. The zero-order chi connectivity index (χ0) is 20.9. The molecule has 1 aromatic carbocycles. The maximum absolute atomic E-state index is 12.8. The van der Waals surface area contributed by atoms with Gasteiger partial charge in [0.15, 0.2) is 0 Å². The molecule has 4 rings (SSSR count). The molecule has 30 heavy (non-hydrogen) atoms. The Morgan fingerprint density at radius 3 is 2.23 bits per heavy atom. The van der Waals surface area contributed by atoms with Crippen LogP contribution >= 0.6 is 22.7 Å². The normalized spacial score (nSPS) is 15.2. The van der Waals surface area contributed by atoms with E-state index < -0.39 is 0 Å². The van der Waals surface area contributed by atoms with Crippen LogP contribution in [0.25, 0.3) is 0 Å². The summed E-state index contributed by atoms with van der Waals surface area (Å²) in [6.45, 7) is 4.65. The lowest BCUT2D eigenvalue weighted by Crippen LogP contribution is -2.52. The van der Waals surface area contributed by atoms with Crippen LogP contribution in [-0.2, 0) is 4.79 Å². The molecular formula is C23H25N3O2S2. The van der Waals surface area contributed by atoms with Crippen molar-refractivity contribution in [1.29, 1.82) is 0 Å². The van der Waals surface area contributed by atoms with Gasteiger partial charge in [-0.25, -0.2) is 0 Å². The highest BCUT2D eigenvalue weighted by Crippen LogP contribution is 2.26. The molecule has 0 bridgehead atoms. The molecule has 1 saturated heterocycles. The molecule has 1 aliphatic rings. The van der Waals surface area contributed by atoms with Gasteiger partial charge >= 0.3 is 0 Å². The van der Waals surface area contributed by atoms with E-state index in [0.717, 1.165) is 10.4 Å². The fourth-order valence-corrected chi connectivity index (χ4v) is 5.13. The number of rotatable bonds is 6. The molecule has 0 saturated carbocycles. The number of carbonyl (C=O) groups is 2. The van der Waals surface area contributed by atoms with E-state index in [-0.39, 0.29) is 24.4 Å². The molecule has 5 nitrogen and oxygen atoms in total. The number of nitrogens with zero attached hydrogens (tertiary/aromatic N) is 2. The number of hydrogen-bond donors (Lipinski definition) is 1. The van der Waals surface area contributed by atoms with Crippen molar-refractivity contribution in [2.75, 3.05) is 32.7 Å². The van der Waals surface area contributed by atoms with Gasteiger partial charge in [-0.15, -0.1) is 22.7 Å². The van der Waals surface area contributed by atoms with Crippen molar-refractivity contribution in [3.8, 4) is 0 Å². The molecule has 1 fully saturated rings. The van der Waals surface area contributed by atoms with E-state index in [1.54, 1.807) is 11.3 Å². The number of nitrogens with one attached hydrogen (secondary N) is 1. The molecule has 0 spiro atoms. The summed E-state index contributed by atoms with van der Waals surface area (Å²) in [4.78, 5) is 31.0. The van der Waals surface area contributed by atoms with Crippen LogP contribution in [0, 0.1) is 6.92 Å². The van der Waals surface area contributed by atoms with Crippen molar-refractivity contribution in [3.63, 3.8) is 0 Å². The standard InChI is InChI=1S/C23H25N3O2S2/c1-17-6-8-18(9-7-17)22(19-4-2-14-29-19)24-16-21(27)25-10-12-26(13-11-25)23(28)20-5-3-15-30-20/h2-9,14-15,22,24H,10-13,16H2,1H3/t22-/m0/s1. The zero-order valence-corrected chi connectivity index (χ0v) is 18.5. The van der Waals surface area contributed by atoms with E-state index in [9.17, 15) is 9.59 Å². The average Bonchev–Trinajstić information content (AvgIpc) is 3.49. The Bertz CT molecular complexity index is 961. The Morgan fingerprint density at radius 1 is 0.933 bits per heavy atom. The van der Waals surface area contributed by atoms with Gasteiger partial charge in [0.05, 0.1) is 17.5 Å². The average molecular weight is 440 g/mol. The smallest absolute Gasteiger partial charge is 0.264 e. The highest BCUT2D eigenvalue weighted by Gasteiger charge is 2.26. The summed E-state index contributed by atoms with van der Waals surface area (Å²) >= 11 is 3.15. The van der Waals surface area contributed by atoms with Gasteiger partial charge in [-0.2, -0.15) is 0 Å². The number of carbonyl (C=O) groups excluding carboxylic acids is 2. The Labute approximate surface area is 184 Å². The minimum Gasteiger partial charge on any atom is -0.338 e. The van der Waals surface area contributed by atoms with E-state index in [1.165, 1.54) is 21.8 Å². The fourth-order valence-electron chi connectivity index (χ4n) is 3.61. The van der Waals surface area contributed by atoms with Gasteiger partial charge in [0.1, 0.15) is 0 Å². The van der Waals surface area contributed by atoms with Gasteiger partial charge in [-0.1, -0.05) is 42.0 Å². The molecule has 2 aromatic heterocycles. The minimum absolute atomic E-state index is 0.00348. The molecule has 1 aliphatic heterocycles. The lowest BCUT2D eigenvalue weighted by Gasteiger charge is -2.35. The number of amides is 2. The maximum Gasteiger partial charge on any atom is 0.264 e. The van der Waals surface area contributed by atoms with Crippen LogP contribution in [0.15, 0.2) is 59.3 Å². The number of thiophene rings is 2. The second-order valence-corrected chi connectivity index (χ2v) is 9.32. The predicted molar refractivity (Wildman–Crippen MR) is 122 cm³/mol. The predicted octanol–water partition coefficient (Wildman–Crippen LogP) is 3.78. The third-order valence-corrected chi connectivity index (χ3v) is 7.14. The van der Waals surface area contributed by atoms with Crippen molar-refractivity contribution in [2.45, 2.75) is 13.0 Å². The van der Waals surface area contributed by atoms with Crippen LogP contribution in [0.4, 0.5) is 0 Å². The van der Waals surface area contributed by atoms with Crippen molar-refractivity contribution in [2.24, 2.45) is 0 Å². The molecule has 0 unspecified atom stereocenters. The van der Waals surface area contributed by atoms with Gasteiger partial charge in [0.25, 0.3) is 5.91 Å². The molecule has 156 valence electrons. The van der Waals surface area contributed by atoms with Crippen molar-refractivity contribution in [1.82, 2.24) is 15.1 Å². The van der Waals surface area contributed by atoms with Crippen LogP contribution in [0.1, 0.15) is 31.7 Å². The molecule has 3 aromatic rings. The van der Waals surface area contributed by atoms with Gasteiger partial charge in [0, 0.05) is 31.1 Å². The highest BCUT2D eigenvalue weighted by atomic mass is 32.1. The monoisotopic (exact) mass is 439 g/mol. The third-order valence-electron chi connectivity index (χ3n) is 5.35. The van der Waals surface area contributed by atoms with Crippen LogP contribution < -0.4 is 5.32 Å². The van der Waals surface area contributed by atoms with Gasteiger partial charge < -0.3 is 9.80 Å². The second kappa shape index (κ2) is 9.55. The third kappa shape index (κ3) is 4.80.